The van der Waals surface area contributed by atoms with Gasteiger partial charge in [0.1, 0.15) is 0 Å². The van der Waals surface area contributed by atoms with Crippen molar-refractivity contribution in [3.63, 3.8) is 0 Å². The summed E-state index contributed by atoms with van der Waals surface area (Å²) in [6.07, 6.45) is 1.21. The molecule has 1 heterocycles. The van der Waals surface area contributed by atoms with Crippen LogP contribution in [0.5, 0.6) is 0 Å². The second-order valence-corrected chi connectivity index (χ2v) is 6.23. The van der Waals surface area contributed by atoms with E-state index in [9.17, 15) is 9.59 Å². The van der Waals surface area contributed by atoms with Crippen LogP contribution in [-0.2, 0) is 27.2 Å². The lowest BCUT2D eigenvalue weighted by atomic mass is 10.0. The van der Waals surface area contributed by atoms with Gasteiger partial charge in [0.05, 0.1) is 19.2 Å². The third kappa shape index (κ3) is 5.17. The third-order valence-corrected chi connectivity index (χ3v) is 4.28. The van der Waals surface area contributed by atoms with Crippen molar-refractivity contribution < 1.29 is 14.3 Å². The summed E-state index contributed by atoms with van der Waals surface area (Å²) in [5.74, 6) is -0.424. The summed E-state index contributed by atoms with van der Waals surface area (Å²) < 4.78 is 4.59. The molecule has 0 atom stereocenters. The van der Waals surface area contributed by atoms with Crippen molar-refractivity contribution in [3.05, 3.63) is 46.0 Å². The number of esters is 1. The molecule has 0 aliphatic heterocycles. The molecule has 122 valence electrons. The first-order chi connectivity index (χ1) is 11.0. The molecule has 2 aromatic rings. The Morgan fingerprint density at radius 3 is 2.78 bits per heavy atom. The maximum atomic E-state index is 12.0. The van der Waals surface area contributed by atoms with Crippen molar-refractivity contribution in [3.8, 4) is 0 Å². The van der Waals surface area contributed by atoms with Gasteiger partial charge >= 0.3 is 5.97 Å². The minimum absolute atomic E-state index is 0.0797. The second-order valence-electron chi connectivity index (χ2n) is 5.38. The number of anilines is 1. The molecule has 1 aromatic heterocycles. The predicted octanol–water partition coefficient (Wildman–Crippen LogP) is 3.05. The molecule has 0 bridgehead atoms. The minimum Gasteiger partial charge on any atom is -0.469 e. The fourth-order valence-electron chi connectivity index (χ4n) is 2.22. The number of carbonyl (C=O) groups excluding carboxylic acids is 2. The standard InChI is InChI=1S/C17H20N2O3S/c1-11-4-5-13(12(2)8-11)6-7-15(20)19-17-18-14(10-23-17)9-16(21)22-3/h4-5,8,10H,6-7,9H2,1-3H3,(H,18,19,20). The molecule has 0 saturated heterocycles. The Balaban J connectivity index is 1.86. The first-order valence-electron chi connectivity index (χ1n) is 7.35. The Bertz CT molecular complexity index is 710. The zero-order chi connectivity index (χ0) is 16.8. The SMILES string of the molecule is COC(=O)Cc1csc(NC(=O)CCc2ccc(C)cc2C)n1. The summed E-state index contributed by atoms with van der Waals surface area (Å²) in [4.78, 5) is 27.4. The minimum atomic E-state index is -0.344. The molecular weight excluding hydrogens is 312 g/mol. The molecule has 2 rings (SSSR count). The van der Waals surface area contributed by atoms with E-state index in [1.165, 1.54) is 35.1 Å². The highest BCUT2D eigenvalue weighted by molar-refractivity contribution is 7.13. The van der Waals surface area contributed by atoms with Crippen molar-refractivity contribution in [2.45, 2.75) is 33.1 Å². The summed E-state index contributed by atoms with van der Waals surface area (Å²) >= 11 is 1.31. The molecule has 0 aliphatic rings. The predicted molar refractivity (Wildman–Crippen MR) is 90.7 cm³/mol. The zero-order valence-electron chi connectivity index (χ0n) is 13.5. The normalized spacial score (nSPS) is 10.4. The van der Waals surface area contributed by atoms with Gasteiger partial charge in [-0.1, -0.05) is 23.8 Å². The van der Waals surface area contributed by atoms with Crippen LogP contribution in [-0.4, -0.2) is 24.0 Å². The largest absolute Gasteiger partial charge is 0.469 e. The number of amides is 1. The van der Waals surface area contributed by atoms with E-state index in [-0.39, 0.29) is 18.3 Å². The zero-order valence-corrected chi connectivity index (χ0v) is 14.3. The number of nitrogens with zero attached hydrogens (tertiary/aromatic N) is 1. The highest BCUT2D eigenvalue weighted by Gasteiger charge is 2.10. The quantitative estimate of drug-likeness (QED) is 0.826. The molecule has 0 fully saturated rings. The van der Waals surface area contributed by atoms with E-state index < -0.39 is 0 Å². The summed E-state index contributed by atoms with van der Waals surface area (Å²) in [7, 11) is 1.34. The molecule has 1 aromatic carbocycles. The van der Waals surface area contributed by atoms with Gasteiger partial charge in [-0.2, -0.15) is 0 Å². The van der Waals surface area contributed by atoms with Gasteiger partial charge in [-0.25, -0.2) is 4.98 Å². The fraction of sp³-hybridized carbons (Fsp3) is 0.353. The van der Waals surface area contributed by atoms with Crippen LogP contribution in [0.2, 0.25) is 0 Å². The van der Waals surface area contributed by atoms with Crippen LogP contribution < -0.4 is 5.32 Å². The second kappa shape index (κ2) is 7.87. The molecule has 0 radical (unpaired) electrons. The number of ether oxygens (including phenoxy) is 1. The van der Waals surface area contributed by atoms with Crippen LogP contribution in [0.1, 0.15) is 28.8 Å². The van der Waals surface area contributed by atoms with Gasteiger partial charge in [0.15, 0.2) is 5.13 Å². The maximum Gasteiger partial charge on any atom is 0.311 e. The highest BCUT2D eigenvalue weighted by atomic mass is 32.1. The summed E-state index contributed by atoms with van der Waals surface area (Å²) in [5.41, 5.74) is 4.20. The van der Waals surface area contributed by atoms with Gasteiger partial charge in [-0.05, 0) is 31.4 Å². The molecule has 1 amide bonds. The van der Waals surface area contributed by atoms with Crippen LogP contribution in [0.4, 0.5) is 5.13 Å². The molecule has 0 saturated carbocycles. The molecule has 6 heteroatoms. The number of hydrogen-bond acceptors (Lipinski definition) is 5. The van der Waals surface area contributed by atoms with E-state index in [4.69, 9.17) is 0 Å². The van der Waals surface area contributed by atoms with Gasteiger partial charge in [0.25, 0.3) is 0 Å². The number of aromatic nitrogens is 1. The van der Waals surface area contributed by atoms with E-state index in [0.717, 1.165) is 0 Å². The van der Waals surface area contributed by atoms with Crippen LogP contribution >= 0.6 is 11.3 Å². The summed E-state index contributed by atoms with van der Waals surface area (Å²) in [6.45, 7) is 4.11. The molecule has 23 heavy (non-hydrogen) atoms. The Kier molecular flexibility index (Phi) is 5.87. The topological polar surface area (TPSA) is 68.3 Å². The van der Waals surface area contributed by atoms with Gasteiger partial charge in [-0.15, -0.1) is 11.3 Å². The van der Waals surface area contributed by atoms with Gasteiger partial charge in [-0.3, -0.25) is 9.59 Å². The third-order valence-electron chi connectivity index (χ3n) is 3.47. The summed E-state index contributed by atoms with van der Waals surface area (Å²) in [5, 5.41) is 5.03. The van der Waals surface area contributed by atoms with Crippen LogP contribution in [0.25, 0.3) is 0 Å². The number of methoxy groups -OCH3 is 1. The Labute approximate surface area is 139 Å². The number of hydrogen-bond donors (Lipinski definition) is 1. The van der Waals surface area contributed by atoms with Crippen molar-refractivity contribution in [2.75, 3.05) is 12.4 Å². The average Bonchev–Trinajstić information content (AvgIpc) is 2.93. The number of rotatable bonds is 6. The van der Waals surface area contributed by atoms with Crippen LogP contribution in [0.3, 0.4) is 0 Å². The van der Waals surface area contributed by atoms with Crippen LogP contribution in [0, 0.1) is 13.8 Å². The number of nitrogens with one attached hydrogen (secondary N) is 1. The fourth-order valence-corrected chi connectivity index (χ4v) is 2.95. The molecule has 0 spiro atoms. The van der Waals surface area contributed by atoms with Crippen molar-refractivity contribution in [2.24, 2.45) is 0 Å². The number of aryl methyl sites for hydroxylation is 3. The number of thiazole rings is 1. The van der Waals surface area contributed by atoms with Gasteiger partial charge in [0.2, 0.25) is 5.91 Å². The smallest absolute Gasteiger partial charge is 0.311 e. The van der Waals surface area contributed by atoms with E-state index >= 15 is 0 Å². The lowest BCUT2D eigenvalue weighted by molar-refractivity contribution is -0.139. The van der Waals surface area contributed by atoms with E-state index in [0.29, 0.717) is 23.7 Å². The van der Waals surface area contributed by atoms with Crippen molar-refractivity contribution in [1.29, 1.82) is 0 Å². The van der Waals surface area contributed by atoms with Crippen molar-refractivity contribution >= 4 is 28.3 Å². The lowest BCUT2D eigenvalue weighted by Crippen LogP contribution is -2.13. The molecule has 1 N–H and O–H groups in total. The highest BCUT2D eigenvalue weighted by Crippen LogP contribution is 2.17. The Morgan fingerprint density at radius 2 is 2.09 bits per heavy atom. The number of carbonyl (C=O) groups is 2. The molecule has 0 unspecified atom stereocenters. The van der Waals surface area contributed by atoms with Gasteiger partial charge < -0.3 is 10.1 Å². The van der Waals surface area contributed by atoms with E-state index in [1.54, 1.807) is 5.38 Å². The maximum absolute atomic E-state index is 12.0. The van der Waals surface area contributed by atoms with Crippen LogP contribution in [0.15, 0.2) is 23.6 Å². The Hall–Kier alpha value is -2.21. The van der Waals surface area contributed by atoms with E-state index in [1.807, 2.05) is 0 Å². The molecule has 0 aliphatic carbocycles. The Morgan fingerprint density at radius 1 is 1.30 bits per heavy atom. The van der Waals surface area contributed by atoms with Gasteiger partial charge in [0, 0.05) is 11.8 Å². The monoisotopic (exact) mass is 332 g/mol. The number of benzene rings is 1. The molecule has 5 nitrogen and oxygen atoms in total. The lowest BCUT2D eigenvalue weighted by Gasteiger charge is -2.06. The summed E-state index contributed by atoms with van der Waals surface area (Å²) in [6, 6.07) is 6.24. The van der Waals surface area contributed by atoms with Crippen molar-refractivity contribution in [1.82, 2.24) is 4.98 Å². The first-order valence-corrected chi connectivity index (χ1v) is 8.23. The average molecular weight is 332 g/mol. The first kappa shape index (κ1) is 17.1. The van der Waals surface area contributed by atoms with E-state index in [2.05, 4.69) is 47.1 Å². The molecular formula is C17H20N2O3S.